The van der Waals surface area contributed by atoms with Crippen molar-refractivity contribution >= 4 is 23.3 Å². The number of nitrogens with one attached hydrogen (secondary N) is 2. The number of para-hydroxylation sites is 1. The van der Waals surface area contributed by atoms with Gasteiger partial charge in [0.25, 0.3) is 0 Å². The van der Waals surface area contributed by atoms with Crippen LogP contribution in [0.15, 0.2) is 24.3 Å². The predicted molar refractivity (Wildman–Crippen MR) is 94.8 cm³/mol. The maximum absolute atomic E-state index is 13.0. The standard InChI is InChI=1S/C19H23N3O4/c1-19-14(17(24)20-6-7-22-8-10-26-11-9-22)15(19)18(25)21-13-5-3-2-4-12(13)16(19)23/h2-5,14-15H,6-11H2,1H3,(H,20,24)(H,21,25)/t14-,15?,19+/m0/s1. The van der Waals surface area contributed by atoms with Crippen molar-refractivity contribution in [1.29, 1.82) is 0 Å². The summed E-state index contributed by atoms with van der Waals surface area (Å²) in [6, 6.07) is 6.97. The number of Topliss-reactive ketones (excluding diaryl/α,β-unsaturated/α-hetero) is 1. The van der Waals surface area contributed by atoms with E-state index in [9.17, 15) is 14.4 Å². The Balaban J connectivity index is 1.43. The first-order valence-corrected chi connectivity index (χ1v) is 9.06. The van der Waals surface area contributed by atoms with E-state index in [1.807, 2.05) is 0 Å². The average Bonchev–Trinajstić information content (AvgIpc) is 3.30. The smallest absolute Gasteiger partial charge is 0.229 e. The fourth-order valence-corrected chi connectivity index (χ4v) is 4.21. The lowest BCUT2D eigenvalue weighted by Crippen LogP contribution is -2.42. The summed E-state index contributed by atoms with van der Waals surface area (Å²) in [5.41, 5.74) is 0.0524. The number of carbonyl (C=O) groups excluding carboxylic acids is 3. The number of nitrogens with zero attached hydrogens (tertiary/aromatic N) is 1. The Morgan fingerprint density at radius 3 is 2.81 bits per heavy atom. The molecule has 3 atom stereocenters. The molecule has 1 saturated carbocycles. The van der Waals surface area contributed by atoms with Crippen molar-refractivity contribution in [1.82, 2.24) is 10.2 Å². The Morgan fingerprint density at radius 1 is 1.31 bits per heavy atom. The van der Waals surface area contributed by atoms with Gasteiger partial charge in [0.2, 0.25) is 11.8 Å². The van der Waals surface area contributed by atoms with Gasteiger partial charge in [-0.3, -0.25) is 19.3 Å². The number of rotatable bonds is 4. The Hall–Kier alpha value is -2.25. The van der Waals surface area contributed by atoms with Gasteiger partial charge in [0.05, 0.1) is 36.2 Å². The molecule has 7 nitrogen and oxygen atoms in total. The lowest BCUT2D eigenvalue weighted by Gasteiger charge is -2.26. The summed E-state index contributed by atoms with van der Waals surface area (Å²) in [6.45, 7) is 6.12. The molecule has 4 rings (SSSR count). The topological polar surface area (TPSA) is 87.7 Å². The van der Waals surface area contributed by atoms with Crippen molar-refractivity contribution in [3.63, 3.8) is 0 Å². The van der Waals surface area contributed by atoms with Gasteiger partial charge in [-0.2, -0.15) is 0 Å². The van der Waals surface area contributed by atoms with Crippen LogP contribution in [-0.2, 0) is 14.3 Å². The highest BCUT2D eigenvalue weighted by Crippen LogP contribution is 2.62. The molecule has 0 spiro atoms. The third-order valence-electron chi connectivity index (χ3n) is 5.83. The van der Waals surface area contributed by atoms with Crippen molar-refractivity contribution in [2.45, 2.75) is 6.92 Å². The number of ether oxygens (including phenoxy) is 1. The number of morpholine rings is 1. The molecule has 26 heavy (non-hydrogen) atoms. The summed E-state index contributed by atoms with van der Waals surface area (Å²) in [6.07, 6.45) is 0. The molecule has 0 bridgehead atoms. The fourth-order valence-electron chi connectivity index (χ4n) is 4.21. The van der Waals surface area contributed by atoms with Crippen LogP contribution in [0.5, 0.6) is 0 Å². The summed E-state index contributed by atoms with van der Waals surface area (Å²) in [5.74, 6) is -1.81. The van der Waals surface area contributed by atoms with Crippen molar-refractivity contribution in [2.75, 3.05) is 44.7 Å². The summed E-state index contributed by atoms with van der Waals surface area (Å²) < 4.78 is 5.31. The first-order valence-electron chi connectivity index (χ1n) is 9.06. The van der Waals surface area contributed by atoms with Crippen LogP contribution in [0.4, 0.5) is 5.69 Å². The summed E-state index contributed by atoms with van der Waals surface area (Å²) >= 11 is 0. The van der Waals surface area contributed by atoms with Crippen LogP contribution in [0.25, 0.3) is 0 Å². The van der Waals surface area contributed by atoms with Gasteiger partial charge in [0, 0.05) is 31.7 Å². The van der Waals surface area contributed by atoms with Crippen LogP contribution in [0.3, 0.4) is 0 Å². The minimum Gasteiger partial charge on any atom is -0.379 e. The van der Waals surface area contributed by atoms with Crippen LogP contribution < -0.4 is 10.6 Å². The zero-order valence-corrected chi connectivity index (χ0v) is 14.8. The highest BCUT2D eigenvalue weighted by molar-refractivity contribution is 6.19. The minimum absolute atomic E-state index is 0.134. The molecule has 2 amide bonds. The fraction of sp³-hybridized carbons (Fsp3) is 0.526. The number of ketones is 1. The van der Waals surface area contributed by atoms with Gasteiger partial charge >= 0.3 is 0 Å². The average molecular weight is 357 g/mol. The molecule has 2 heterocycles. The third kappa shape index (κ3) is 2.71. The molecule has 0 aromatic heterocycles. The molecule has 7 heteroatoms. The van der Waals surface area contributed by atoms with Crippen LogP contribution >= 0.6 is 0 Å². The van der Waals surface area contributed by atoms with Crippen LogP contribution in [0, 0.1) is 17.3 Å². The molecule has 1 saturated heterocycles. The van der Waals surface area contributed by atoms with E-state index in [1.54, 1.807) is 31.2 Å². The SMILES string of the molecule is C[C@]12C(=O)c3ccccc3NC(=O)C1[C@H]2C(=O)NCCN1CCOCC1. The second-order valence-corrected chi connectivity index (χ2v) is 7.35. The summed E-state index contributed by atoms with van der Waals surface area (Å²) in [5, 5.41) is 5.71. The largest absolute Gasteiger partial charge is 0.379 e. The first-order chi connectivity index (χ1) is 12.5. The molecule has 1 aromatic rings. The van der Waals surface area contributed by atoms with E-state index >= 15 is 0 Å². The van der Waals surface area contributed by atoms with Crippen molar-refractivity contribution in [3.8, 4) is 0 Å². The van der Waals surface area contributed by atoms with E-state index in [0.29, 0.717) is 31.0 Å². The first kappa shape index (κ1) is 17.2. The molecule has 2 fully saturated rings. The van der Waals surface area contributed by atoms with E-state index in [0.717, 1.165) is 19.6 Å². The Labute approximate surface area is 152 Å². The quantitative estimate of drug-likeness (QED) is 0.820. The van der Waals surface area contributed by atoms with Crippen molar-refractivity contribution < 1.29 is 19.1 Å². The molecular weight excluding hydrogens is 334 g/mol. The van der Waals surface area contributed by atoms with E-state index < -0.39 is 17.3 Å². The predicted octanol–water partition coefficient (Wildman–Crippen LogP) is 0.522. The highest BCUT2D eigenvalue weighted by Gasteiger charge is 2.73. The monoisotopic (exact) mass is 357 g/mol. The van der Waals surface area contributed by atoms with Gasteiger partial charge in [-0.1, -0.05) is 19.1 Å². The number of carbonyl (C=O) groups is 3. The van der Waals surface area contributed by atoms with Crippen molar-refractivity contribution in [2.24, 2.45) is 17.3 Å². The molecule has 2 N–H and O–H groups in total. The summed E-state index contributed by atoms with van der Waals surface area (Å²) in [4.78, 5) is 40.4. The van der Waals surface area contributed by atoms with Crippen molar-refractivity contribution in [3.05, 3.63) is 29.8 Å². The molecule has 1 aliphatic carbocycles. The van der Waals surface area contributed by atoms with Gasteiger partial charge in [-0.05, 0) is 12.1 Å². The lowest BCUT2D eigenvalue weighted by atomic mass is 9.92. The van der Waals surface area contributed by atoms with E-state index in [4.69, 9.17) is 4.74 Å². The molecule has 1 unspecified atom stereocenters. The molecule has 0 radical (unpaired) electrons. The Kier molecular flexibility index (Phi) is 4.28. The number of amides is 2. The number of benzene rings is 1. The molecule has 2 aliphatic heterocycles. The molecule has 1 aromatic carbocycles. The van der Waals surface area contributed by atoms with E-state index in [-0.39, 0.29) is 17.6 Å². The number of anilines is 1. The van der Waals surface area contributed by atoms with E-state index in [1.165, 1.54) is 0 Å². The van der Waals surface area contributed by atoms with Crippen LogP contribution in [0.2, 0.25) is 0 Å². The van der Waals surface area contributed by atoms with Crippen LogP contribution in [0.1, 0.15) is 17.3 Å². The maximum atomic E-state index is 13.0. The maximum Gasteiger partial charge on any atom is 0.229 e. The molecule has 3 aliphatic rings. The highest BCUT2D eigenvalue weighted by atomic mass is 16.5. The number of hydrogen-bond acceptors (Lipinski definition) is 5. The van der Waals surface area contributed by atoms with Gasteiger partial charge in [0.15, 0.2) is 5.78 Å². The zero-order chi connectivity index (χ0) is 18.3. The number of fused-ring (bicyclic) bond motifs is 2. The van der Waals surface area contributed by atoms with Crippen LogP contribution in [-0.4, -0.2) is 61.9 Å². The minimum atomic E-state index is -0.959. The number of hydrogen-bond donors (Lipinski definition) is 2. The summed E-state index contributed by atoms with van der Waals surface area (Å²) in [7, 11) is 0. The van der Waals surface area contributed by atoms with Gasteiger partial charge in [-0.25, -0.2) is 0 Å². The van der Waals surface area contributed by atoms with Gasteiger partial charge < -0.3 is 15.4 Å². The lowest BCUT2D eigenvalue weighted by molar-refractivity contribution is -0.125. The van der Waals surface area contributed by atoms with E-state index in [2.05, 4.69) is 15.5 Å². The normalized spacial score (nSPS) is 30.7. The molecule has 138 valence electrons. The second-order valence-electron chi connectivity index (χ2n) is 7.35. The Morgan fingerprint density at radius 2 is 2.04 bits per heavy atom. The Bertz CT molecular complexity index is 759. The van der Waals surface area contributed by atoms with Gasteiger partial charge in [0.1, 0.15) is 0 Å². The third-order valence-corrected chi connectivity index (χ3v) is 5.83. The van der Waals surface area contributed by atoms with Gasteiger partial charge in [-0.15, -0.1) is 0 Å². The zero-order valence-electron chi connectivity index (χ0n) is 14.8. The second kappa shape index (κ2) is 6.48. The molecular formula is C19H23N3O4.